The van der Waals surface area contributed by atoms with E-state index in [2.05, 4.69) is 42.6 Å². The number of carbonyl (C=O) groups is 1. The molecule has 0 radical (unpaired) electrons. The number of aliphatic hydroxyl groups excluding tert-OH is 1. The third-order valence-electron chi connectivity index (χ3n) is 6.94. The molecule has 0 aromatic heterocycles. The van der Waals surface area contributed by atoms with Gasteiger partial charge in [-0.25, -0.2) is 4.79 Å². The lowest BCUT2D eigenvalue weighted by molar-refractivity contribution is 0.110. The molecule has 0 aliphatic carbocycles. The van der Waals surface area contributed by atoms with Crippen LogP contribution in [0.25, 0.3) is 0 Å². The lowest BCUT2D eigenvalue weighted by atomic mass is 9.85. The summed E-state index contributed by atoms with van der Waals surface area (Å²) < 4.78 is 5.43. The molecule has 2 heterocycles. The van der Waals surface area contributed by atoms with Gasteiger partial charge in [-0.05, 0) is 44.9 Å². The molecule has 1 amide bonds. The van der Waals surface area contributed by atoms with Crippen molar-refractivity contribution in [2.75, 3.05) is 13.2 Å². The molecule has 2 aliphatic heterocycles. The highest BCUT2D eigenvalue weighted by Crippen LogP contribution is 2.48. The monoisotopic (exact) mass is 475 g/mol. The Morgan fingerprint density at radius 3 is 2.68 bits per heavy atom. The zero-order valence-electron chi connectivity index (χ0n) is 20.0. The van der Waals surface area contributed by atoms with Crippen LogP contribution in [0.1, 0.15) is 50.0 Å². The van der Waals surface area contributed by atoms with Gasteiger partial charge in [-0.1, -0.05) is 60.7 Å². The first-order valence-corrected chi connectivity index (χ1v) is 13.3. The van der Waals surface area contributed by atoms with Crippen LogP contribution in [0.3, 0.4) is 0 Å². The molecule has 0 fully saturated rings. The number of hydrogen-bond donors (Lipinski definition) is 2. The van der Waals surface area contributed by atoms with Crippen molar-refractivity contribution in [2.45, 2.75) is 44.4 Å². The van der Waals surface area contributed by atoms with Crippen LogP contribution in [0.5, 0.6) is 0 Å². The third kappa shape index (κ3) is 4.06. The molecule has 0 saturated carbocycles. The number of ether oxygens (including phenoxy) is 1. The van der Waals surface area contributed by atoms with Crippen molar-refractivity contribution in [3.8, 4) is 0 Å². The summed E-state index contributed by atoms with van der Waals surface area (Å²) in [5.41, 5.74) is 4.64. The fourth-order valence-corrected chi connectivity index (χ4v) is 9.10. The molecule has 4 rings (SSSR count). The van der Waals surface area contributed by atoms with Gasteiger partial charge in [0, 0.05) is 11.1 Å². The maximum absolute atomic E-state index is 12.6. The number of alkyl carbamates (subject to hydrolysis) is 1. The molecule has 2 aliphatic rings. The van der Waals surface area contributed by atoms with E-state index in [9.17, 15) is 4.79 Å². The standard InChI is InChI=1S/C28H31NO4Si/c1-4-11-19(5-2)18-33-27(32)29-23(15-8-9-17-30)25(31)20-12-10-14-22-26(20)34-24-16-7-6-13-21(24)28(22,34)3/h4-14,16,23,25,30-31H,15,17-18H2,1-3H3/p+2/b9-8-,11-4-,19-5+. The summed E-state index contributed by atoms with van der Waals surface area (Å²) >= 11 is 0. The Kier molecular flexibility index (Phi) is 7.21. The maximum Gasteiger partial charge on any atom is 0.408 e. The Bertz CT molecular complexity index is 1150. The predicted molar refractivity (Wildman–Crippen MR) is 138 cm³/mol. The number of allylic oxidation sites excluding steroid dienone is 2. The van der Waals surface area contributed by atoms with Crippen molar-refractivity contribution < 1.29 is 19.7 Å². The van der Waals surface area contributed by atoms with Gasteiger partial charge in [0.2, 0.25) is 6.10 Å². The summed E-state index contributed by atoms with van der Waals surface area (Å²) in [7, 11) is -0.930. The van der Waals surface area contributed by atoms with Crippen molar-refractivity contribution in [2.24, 2.45) is 0 Å². The second-order valence-electron chi connectivity index (χ2n) is 8.87. The highest BCUT2D eigenvalue weighted by atomic mass is 28.3. The largest absolute Gasteiger partial charge is 0.445 e. The maximum atomic E-state index is 12.6. The third-order valence-corrected chi connectivity index (χ3v) is 10.5. The van der Waals surface area contributed by atoms with Gasteiger partial charge in [0.05, 0.1) is 12.2 Å². The molecule has 0 saturated heterocycles. The average molecular weight is 476 g/mol. The number of aliphatic hydroxyl groups is 1. The van der Waals surface area contributed by atoms with Gasteiger partial charge in [-0.15, -0.1) is 0 Å². The summed E-state index contributed by atoms with van der Waals surface area (Å²) in [6.45, 7) is 6.26. The summed E-state index contributed by atoms with van der Waals surface area (Å²) in [4.78, 5) is 12.6. The first-order chi connectivity index (χ1) is 16.5. The zero-order valence-corrected chi connectivity index (χ0v) is 21.0. The normalized spacial score (nSPS) is 20.1. The van der Waals surface area contributed by atoms with Gasteiger partial charge in [-0.2, -0.15) is 0 Å². The van der Waals surface area contributed by atoms with E-state index in [1.54, 1.807) is 6.08 Å². The Labute approximate surface area is 203 Å². The van der Waals surface area contributed by atoms with Crippen molar-refractivity contribution in [3.05, 3.63) is 95.1 Å². The van der Waals surface area contributed by atoms with Gasteiger partial charge < -0.3 is 20.3 Å². The van der Waals surface area contributed by atoms with E-state index in [4.69, 9.17) is 14.9 Å². The van der Waals surface area contributed by atoms with Crippen LogP contribution in [0, 0.1) is 0 Å². The highest BCUT2D eigenvalue weighted by Gasteiger charge is 2.75. The smallest absolute Gasteiger partial charge is 0.408 e. The second-order valence-corrected chi connectivity index (χ2v) is 11.7. The molecule has 3 unspecified atom stereocenters. The molecule has 34 heavy (non-hydrogen) atoms. The van der Waals surface area contributed by atoms with E-state index in [-0.39, 0.29) is 18.3 Å². The van der Waals surface area contributed by atoms with Gasteiger partial charge in [0.15, 0.2) is 5.04 Å². The molecule has 6 heteroatoms. The van der Waals surface area contributed by atoms with Crippen LogP contribution in [-0.2, 0) is 9.78 Å². The molecular weight excluding hydrogens is 442 g/mol. The molecule has 3 atom stereocenters. The summed E-state index contributed by atoms with van der Waals surface area (Å²) in [5, 5.41) is 24.1. The summed E-state index contributed by atoms with van der Waals surface area (Å²) in [6.07, 6.45) is 8.44. The van der Waals surface area contributed by atoms with Crippen molar-refractivity contribution in [1.82, 2.24) is 5.32 Å². The van der Waals surface area contributed by atoms with E-state index in [1.807, 2.05) is 50.3 Å². The minimum Gasteiger partial charge on any atom is -0.445 e. The molecule has 4 N–H and O–H groups in total. The van der Waals surface area contributed by atoms with Gasteiger partial charge >= 0.3 is 14.9 Å². The number of carbonyl (C=O) groups excluding carboxylic acids is 1. The van der Waals surface area contributed by atoms with Crippen molar-refractivity contribution >= 4 is 25.3 Å². The Morgan fingerprint density at radius 1 is 1.18 bits per heavy atom. The summed E-state index contributed by atoms with van der Waals surface area (Å²) in [5.74, 6) is 0. The quantitative estimate of drug-likeness (QED) is 0.253. The predicted octanol–water partition coefficient (Wildman–Crippen LogP) is 2.79. The van der Waals surface area contributed by atoms with E-state index in [1.165, 1.54) is 21.5 Å². The Morgan fingerprint density at radius 2 is 1.94 bits per heavy atom. The first kappa shape index (κ1) is 24.2. The van der Waals surface area contributed by atoms with Crippen LogP contribution in [-0.4, -0.2) is 44.4 Å². The number of rotatable bonds is 9. The lowest BCUT2D eigenvalue weighted by Crippen LogP contribution is -2.79. The molecule has 176 valence electrons. The fraction of sp³-hybridized carbons (Fsp3) is 0.321. The second kappa shape index (κ2) is 10.1. The number of nitrogens with one attached hydrogen (secondary N) is 1. The SMILES string of the molecule is C/C=C\C(=C/C)COC(=O)NC(C/C=C\CO)C([OH2+])c1cccc2c1[Si+]1c3ccccc3C21C. The van der Waals surface area contributed by atoms with E-state index in [0.717, 1.165) is 11.1 Å². The summed E-state index contributed by atoms with van der Waals surface area (Å²) in [6, 6.07) is 14.5. The molecule has 0 spiro atoms. The minimum absolute atomic E-state index is 0.0726. The van der Waals surface area contributed by atoms with Crippen LogP contribution in [0.2, 0.25) is 0 Å². The first-order valence-electron chi connectivity index (χ1n) is 11.8. The molecular formula is C28H33NO4Si+2. The number of amides is 1. The van der Waals surface area contributed by atoms with Crippen LogP contribution in [0.15, 0.2) is 78.4 Å². The Balaban J connectivity index is 1.56. The van der Waals surface area contributed by atoms with Gasteiger partial charge in [0.25, 0.3) is 0 Å². The fourth-order valence-electron chi connectivity index (χ4n) is 5.20. The van der Waals surface area contributed by atoms with E-state index in [0.29, 0.717) is 6.42 Å². The van der Waals surface area contributed by atoms with E-state index < -0.39 is 27.0 Å². The molecule has 2 aromatic rings. The number of hydrogen-bond acceptors (Lipinski definition) is 3. The van der Waals surface area contributed by atoms with Crippen LogP contribution < -0.4 is 15.7 Å². The molecule has 5 nitrogen and oxygen atoms in total. The topological polar surface area (TPSA) is 81.5 Å². The molecule has 0 bridgehead atoms. The minimum atomic E-state index is -0.930. The lowest BCUT2D eigenvalue weighted by Gasteiger charge is -2.45. The highest BCUT2D eigenvalue weighted by molar-refractivity contribution is 6.97. The van der Waals surface area contributed by atoms with Crippen molar-refractivity contribution in [3.63, 3.8) is 0 Å². The van der Waals surface area contributed by atoms with Crippen LogP contribution >= 0.6 is 0 Å². The Hall–Kier alpha value is -2.93. The molecule has 2 aromatic carbocycles. The zero-order chi connectivity index (χ0) is 24.3. The number of benzene rings is 2. The average Bonchev–Trinajstić information content (AvgIpc) is 2.85. The van der Waals surface area contributed by atoms with Gasteiger partial charge in [0.1, 0.15) is 23.0 Å². The van der Waals surface area contributed by atoms with Crippen molar-refractivity contribution in [1.29, 1.82) is 0 Å². The van der Waals surface area contributed by atoms with Crippen LogP contribution in [0.4, 0.5) is 4.79 Å². The van der Waals surface area contributed by atoms with Gasteiger partial charge in [-0.3, -0.25) is 0 Å². The van der Waals surface area contributed by atoms with E-state index >= 15 is 0 Å². The number of fused-ring (bicyclic) bond motifs is 7.